The smallest absolute Gasteiger partial charge is 0.0619 e. The highest BCUT2D eigenvalue weighted by atomic mass is 15.2. The van der Waals surface area contributed by atoms with E-state index in [4.69, 9.17) is 0 Å². The third kappa shape index (κ3) is 12.0. The molecule has 0 bridgehead atoms. The number of fused-ring (bicyclic) bond motifs is 2. The Hall–Kier alpha value is -13.8. The van der Waals surface area contributed by atoms with E-state index < -0.39 is 0 Å². The number of hydrogen-bond acceptors (Lipinski definition) is 2. The minimum Gasteiger partial charge on any atom is -0.310 e. The Bertz CT molecular complexity index is 5490. The van der Waals surface area contributed by atoms with Crippen molar-refractivity contribution in [3.8, 4) is 112 Å². The Labute approximate surface area is 607 Å². The first-order valence-corrected chi connectivity index (χ1v) is 35.6. The molecule has 18 rings (SSSR count). The molecule has 0 aliphatic heterocycles. The van der Waals surface area contributed by atoms with Crippen molar-refractivity contribution in [2.24, 2.45) is 0 Å². The maximum absolute atomic E-state index is 2.48. The number of anilines is 6. The highest BCUT2D eigenvalue weighted by Gasteiger charge is 2.26. The standard InChI is InChI=1S/C100H70N4/c1-9-29-71(30-10-1)79-45-25-49-89(65-79)101(90-50-26-46-80(66-90)72-31-11-2-12-32-72)85-55-59-87(60-56-85)103-95-63-53-83(69-93(95)97(75-37-17-5-18-38-75)99(103)77-41-21-7-22-42-77)84-54-64-96-94(70-84)98(76-39-19-6-20-40-76)100(78-43-23-8-24-44-78)104(96)88-61-57-86(58-62-88)102(91-51-27-47-81(67-91)73-33-13-3-14-34-73)92-52-28-48-82(68-92)74-35-15-4-16-36-74/h1-70H. The van der Waals surface area contributed by atoms with Gasteiger partial charge in [-0.05, 0) is 199 Å². The second kappa shape index (κ2) is 27.7. The molecule has 4 nitrogen and oxygen atoms in total. The van der Waals surface area contributed by atoms with Crippen LogP contribution < -0.4 is 9.80 Å². The van der Waals surface area contributed by atoms with Crippen LogP contribution in [-0.4, -0.2) is 9.13 Å². The minimum atomic E-state index is 1.05. The number of benzene rings is 16. The molecular weight excluding hydrogens is 1260 g/mol. The SMILES string of the molecule is c1ccc(-c2cccc(N(c3ccc(-n4c(-c5ccccc5)c(-c5ccccc5)c5cc(-c6ccc7c(c6)c(-c6ccccc6)c(-c6ccccc6)n7-c6ccc(N(c7cccc(-c8ccccc8)c7)c7cccc(-c8ccccc8)c7)cc6)ccc54)cc3)c3cccc(-c4ccccc4)c3)c2)cc1. The molecule has 0 saturated carbocycles. The van der Waals surface area contributed by atoms with Crippen LogP contribution in [0, 0.1) is 0 Å². The molecule has 18 aromatic rings. The Morgan fingerprint density at radius 1 is 0.154 bits per heavy atom. The molecule has 0 unspecified atom stereocenters. The Kier molecular flexibility index (Phi) is 16.6. The molecule has 2 heterocycles. The Morgan fingerprint density at radius 3 is 0.654 bits per heavy atom. The molecule has 490 valence electrons. The van der Waals surface area contributed by atoms with E-state index in [9.17, 15) is 0 Å². The fourth-order valence-corrected chi connectivity index (χ4v) is 15.2. The second-order valence-corrected chi connectivity index (χ2v) is 26.4. The van der Waals surface area contributed by atoms with Crippen LogP contribution in [0.5, 0.6) is 0 Å². The summed E-state index contributed by atoms with van der Waals surface area (Å²) in [6.45, 7) is 0. The van der Waals surface area contributed by atoms with Crippen molar-refractivity contribution in [1.29, 1.82) is 0 Å². The average molecular weight is 1330 g/mol. The van der Waals surface area contributed by atoms with Crippen LogP contribution in [0.25, 0.3) is 134 Å². The predicted octanol–water partition coefficient (Wildman–Crippen LogP) is 27.5. The van der Waals surface area contributed by atoms with Crippen LogP contribution >= 0.6 is 0 Å². The highest BCUT2D eigenvalue weighted by molar-refractivity contribution is 6.10. The topological polar surface area (TPSA) is 16.3 Å². The molecule has 2 aromatic heterocycles. The van der Waals surface area contributed by atoms with E-state index in [2.05, 4.69) is 444 Å². The molecule has 0 amide bonds. The van der Waals surface area contributed by atoms with Gasteiger partial charge in [0.25, 0.3) is 0 Å². The quantitative estimate of drug-likeness (QED) is 0.0903. The van der Waals surface area contributed by atoms with E-state index in [0.29, 0.717) is 0 Å². The minimum absolute atomic E-state index is 1.05. The Balaban J connectivity index is 0.788. The van der Waals surface area contributed by atoms with Gasteiger partial charge in [0.2, 0.25) is 0 Å². The molecule has 4 heteroatoms. The van der Waals surface area contributed by atoms with Crippen LogP contribution in [0.2, 0.25) is 0 Å². The second-order valence-electron chi connectivity index (χ2n) is 26.4. The summed E-state index contributed by atoms with van der Waals surface area (Å²) in [5.41, 5.74) is 31.4. The molecular formula is C100H70N4. The van der Waals surface area contributed by atoms with E-state index in [-0.39, 0.29) is 0 Å². The zero-order valence-corrected chi connectivity index (χ0v) is 57.2. The first-order valence-electron chi connectivity index (χ1n) is 35.6. The summed E-state index contributed by atoms with van der Waals surface area (Å²) in [5.74, 6) is 0. The zero-order valence-electron chi connectivity index (χ0n) is 57.2. The largest absolute Gasteiger partial charge is 0.310 e. The van der Waals surface area contributed by atoms with Gasteiger partial charge in [0.1, 0.15) is 0 Å². The summed E-state index contributed by atoms with van der Waals surface area (Å²) in [6, 6.07) is 155. The van der Waals surface area contributed by atoms with Gasteiger partial charge in [0.05, 0.1) is 22.4 Å². The van der Waals surface area contributed by atoms with E-state index in [1.807, 2.05) is 0 Å². The monoisotopic (exact) mass is 1330 g/mol. The van der Waals surface area contributed by atoms with Crippen molar-refractivity contribution in [3.05, 3.63) is 425 Å². The van der Waals surface area contributed by atoms with Gasteiger partial charge in [-0.3, -0.25) is 0 Å². The maximum atomic E-state index is 2.48. The fourth-order valence-electron chi connectivity index (χ4n) is 15.2. The number of hydrogen-bond donors (Lipinski definition) is 0. The lowest BCUT2D eigenvalue weighted by atomic mass is 9.94. The lowest BCUT2D eigenvalue weighted by Crippen LogP contribution is -2.10. The van der Waals surface area contributed by atoms with Gasteiger partial charge < -0.3 is 18.9 Å². The molecule has 0 fully saturated rings. The highest BCUT2D eigenvalue weighted by Crippen LogP contribution is 2.49. The first-order chi connectivity index (χ1) is 51.6. The van der Waals surface area contributed by atoms with Crippen molar-refractivity contribution in [2.75, 3.05) is 9.80 Å². The average Bonchev–Trinajstić information content (AvgIpc) is 1.57. The molecule has 0 spiro atoms. The third-order valence-electron chi connectivity index (χ3n) is 20.1. The third-order valence-corrected chi connectivity index (χ3v) is 20.1. The molecule has 0 aliphatic rings. The van der Waals surface area contributed by atoms with Crippen molar-refractivity contribution >= 4 is 55.9 Å². The van der Waals surface area contributed by atoms with Crippen LogP contribution in [-0.2, 0) is 0 Å². The van der Waals surface area contributed by atoms with Crippen molar-refractivity contribution in [3.63, 3.8) is 0 Å². The molecule has 0 radical (unpaired) electrons. The molecule has 16 aromatic carbocycles. The van der Waals surface area contributed by atoms with Gasteiger partial charge in [0, 0.05) is 67.4 Å². The number of nitrogens with zero attached hydrogens (tertiary/aromatic N) is 4. The normalized spacial score (nSPS) is 11.3. The number of aromatic nitrogens is 2. The van der Waals surface area contributed by atoms with E-state index in [0.717, 1.165) is 134 Å². The zero-order chi connectivity index (χ0) is 69.1. The molecule has 0 aliphatic carbocycles. The van der Waals surface area contributed by atoms with E-state index >= 15 is 0 Å². The first kappa shape index (κ1) is 62.5. The summed E-state index contributed by atoms with van der Waals surface area (Å²) < 4.78 is 4.96. The van der Waals surface area contributed by atoms with Gasteiger partial charge in [-0.2, -0.15) is 0 Å². The lowest BCUT2D eigenvalue weighted by molar-refractivity contribution is 1.13. The van der Waals surface area contributed by atoms with Gasteiger partial charge >= 0.3 is 0 Å². The van der Waals surface area contributed by atoms with Crippen molar-refractivity contribution < 1.29 is 0 Å². The summed E-state index contributed by atoms with van der Waals surface area (Å²) >= 11 is 0. The summed E-state index contributed by atoms with van der Waals surface area (Å²) in [7, 11) is 0. The number of rotatable bonds is 17. The van der Waals surface area contributed by atoms with Crippen LogP contribution in [0.4, 0.5) is 34.1 Å². The van der Waals surface area contributed by atoms with Crippen LogP contribution in [0.15, 0.2) is 425 Å². The van der Waals surface area contributed by atoms with Crippen LogP contribution in [0.3, 0.4) is 0 Å². The summed E-state index contributed by atoms with van der Waals surface area (Å²) in [5, 5.41) is 2.32. The lowest BCUT2D eigenvalue weighted by Gasteiger charge is -2.27. The van der Waals surface area contributed by atoms with E-state index in [1.165, 1.54) is 33.4 Å². The van der Waals surface area contributed by atoms with Gasteiger partial charge in [0.15, 0.2) is 0 Å². The predicted molar refractivity (Wildman–Crippen MR) is 438 cm³/mol. The summed E-state index contributed by atoms with van der Waals surface area (Å²) in [4.78, 5) is 4.77. The molecule has 104 heavy (non-hydrogen) atoms. The van der Waals surface area contributed by atoms with Crippen molar-refractivity contribution in [1.82, 2.24) is 9.13 Å². The Morgan fingerprint density at radius 2 is 0.385 bits per heavy atom. The van der Waals surface area contributed by atoms with Gasteiger partial charge in [-0.25, -0.2) is 0 Å². The fraction of sp³-hybridized carbons (Fsp3) is 0. The van der Waals surface area contributed by atoms with Gasteiger partial charge in [-0.15, -0.1) is 0 Å². The van der Waals surface area contributed by atoms with Gasteiger partial charge in [-0.1, -0.05) is 303 Å². The maximum Gasteiger partial charge on any atom is 0.0619 e. The van der Waals surface area contributed by atoms with E-state index in [1.54, 1.807) is 0 Å². The van der Waals surface area contributed by atoms with Crippen LogP contribution in [0.1, 0.15) is 0 Å². The molecule has 0 saturated heterocycles. The summed E-state index contributed by atoms with van der Waals surface area (Å²) in [6.07, 6.45) is 0. The van der Waals surface area contributed by atoms with Crippen molar-refractivity contribution in [2.45, 2.75) is 0 Å². The molecule has 0 atom stereocenters. The molecule has 0 N–H and O–H groups in total.